The molecule has 1 fully saturated rings. The number of hydrogen-bond donors (Lipinski definition) is 6. The summed E-state index contributed by atoms with van der Waals surface area (Å²) in [5, 5.41) is 54.3. The Hall–Kier alpha value is -1.60. The summed E-state index contributed by atoms with van der Waals surface area (Å²) in [5.41, 5.74) is 0. The second kappa shape index (κ2) is 57.2. The van der Waals surface area contributed by atoms with Crippen LogP contribution in [0.1, 0.15) is 341 Å². The SMILES string of the molecule is CCCCCCCCC/C=C/C(O)C(COC1OC(CO)C(O)C(O)C1O)NC(=O)CCCCCCCCCCCCCCCCCCCCCCCCCCCOC(=O)CCCCCCCCCCCCCCCCCC. The fourth-order valence-corrected chi connectivity index (χ4v) is 11.0. The summed E-state index contributed by atoms with van der Waals surface area (Å²) < 4.78 is 16.7. The molecule has 7 atom stereocenters. The molecule has 0 aromatic rings. The van der Waals surface area contributed by atoms with Gasteiger partial charge < -0.3 is 45.1 Å². The van der Waals surface area contributed by atoms with Gasteiger partial charge in [0.1, 0.15) is 24.4 Å². The molecule has 1 amide bonds. The van der Waals surface area contributed by atoms with Crippen molar-refractivity contribution in [3.8, 4) is 0 Å². The number of hydrogen-bond acceptors (Lipinski definition) is 10. The van der Waals surface area contributed by atoms with Crippen molar-refractivity contribution in [2.45, 2.75) is 384 Å². The number of carbonyl (C=O) groups excluding carboxylic acids is 2. The number of amides is 1. The molecule has 7 unspecified atom stereocenters. The van der Waals surface area contributed by atoms with Crippen LogP contribution in [-0.4, -0.2) is 100 Å². The van der Waals surface area contributed by atoms with Gasteiger partial charge in [0.05, 0.1) is 32.0 Å². The molecule has 1 saturated heterocycles. The highest BCUT2D eigenvalue weighted by Gasteiger charge is 2.44. The molecule has 0 aromatic carbocycles. The highest BCUT2D eigenvalue weighted by molar-refractivity contribution is 5.76. The van der Waals surface area contributed by atoms with Gasteiger partial charge in [-0.05, 0) is 32.1 Å². The Labute approximate surface area is 480 Å². The average molecular weight is 1110 g/mol. The number of unbranched alkanes of at least 4 members (excludes halogenated alkanes) is 46. The first kappa shape index (κ1) is 74.4. The number of esters is 1. The van der Waals surface area contributed by atoms with E-state index in [0.29, 0.717) is 19.4 Å². The number of aliphatic hydroxyl groups excluding tert-OH is 5. The quantitative estimate of drug-likeness (QED) is 0.0195. The van der Waals surface area contributed by atoms with Gasteiger partial charge in [-0.25, -0.2) is 0 Å². The Bertz CT molecular complexity index is 1300. The molecule has 1 heterocycles. The van der Waals surface area contributed by atoms with E-state index in [1.807, 2.05) is 6.08 Å². The maximum Gasteiger partial charge on any atom is 0.305 e. The highest BCUT2D eigenvalue weighted by atomic mass is 16.7. The van der Waals surface area contributed by atoms with E-state index in [1.165, 1.54) is 263 Å². The Kier molecular flexibility index (Phi) is 54.6. The van der Waals surface area contributed by atoms with E-state index in [1.54, 1.807) is 6.08 Å². The van der Waals surface area contributed by atoms with Gasteiger partial charge in [0.25, 0.3) is 0 Å². The lowest BCUT2D eigenvalue weighted by Crippen LogP contribution is -2.60. The molecule has 6 N–H and O–H groups in total. The molecule has 0 spiro atoms. The molecule has 1 rings (SSSR count). The van der Waals surface area contributed by atoms with E-state index in [-0.39, 0.29) is 18.5 Å². The summed E-state index contributed by atoms with van der Waals surface area (Å²) in [6, 6.07) is -0.806. The smallest absolute Gasteiger partial charge is 0.305 e. The summed E-state index contributed by atoms with van der Waals surface area (Å²) >= 11 is 0. The largest absolute Gasteiger partial charge is 0.466 e. The third kappa shape index (κ3) is 45.9. The first-order valence-corrected chi connectivity index (χ1v) is 34.0. The average Bonchev–Trinajstić information content (AvgIpc) is 3.44. The third-order valence-corrected chi connectivity index (χ3v) is 16.4. The molecule has 0 aliphatic carbocycles. The van der Waals surface area contributed by atoms with Crippen molar-refractivity contribution in [1.82, 2.24) is 5.32 Å². The van der Waals surface area contributed by atoms with Crippen molar-refractivity contribution < 1.29 is 49.3 Å². The minimum atomic E-state index is -1.57. The van der Waals surface area contributed by atoms with Crippen LogP contribution in [0.2, 0.25) is 0 Å². The van der Waals surface area contributed by atoms with E-state index in [2.05, 4.69) is 19.2 Å². The van der Waals surface area contributed by atoms with Crippen molar-refractivity contribution in [2.75, 3.05) is 19.8 Å². The van der Waals surface area contributed by atoms with Gasteiger partial charge in [0, 0.05) is 12.8 Å². The van der Waals surface area contributed by atoms with Crippen LogP contribution in [0, 0.1) is 0 Å². The molecule has 0 aromatic heterocycles. The molecule has 11 heteroatoms. The minimum absolute atomic E-state index is 0.00998. The van der Waals surface area contributed by atoms with Crippen LogP contribution < -0.4 is 5.32 Å². The van der Waals surface area contributed by atoms with Crippen molar-refractivity contribution >= 4 is 11.9 Å². The Balaban J connectivity index is 1.92. The zero-order valence-corrected chi connectivity index (χ0v) is 51.2. The molecular weight excluding hydrogens is 979 g/mol. The number of aliphatic hydroxyl groups is 5. The lowest BCUT2D eigenvalue weighted by atomic mass is 9.99. The summed E-state index contributed by atoms with van der Waals surface area (Å²) in [7, 11) is 0. The van der Waals surface area contributed by atoms with Gasteiger partial charge in [-0.1, -0.05) is 309 Å². The van der Waals surface area contributed by atoms with Crippen molar-refractivity contribution in [3.63, 3.8) is 0 Å². The van der Waals surface area contributed by atoms with Crippen molar-refractivity contribution in [1.29, 1.82) is 0 Å². The minimum Gasteiger partial charge on any atom is -0.466 e. The zero-order valence-electron chi connectivity index (χ0n) is 51.2. The maximum atomic E-state index is 13.0. The lowest BCUT2D eigenvalue weighted by molar-refractivity contribution is -0.302. The molecule has 1 aliphatic rings. The molecule has 0 saturated carbocycles. The van der Waals surface area contributed by atoms with E-state index in [4.69, 9.17) is 14.2 Å². The van der Waals surface area contributed by atoms with Gasteiger partial charge in [0.15, 0.2) is 6.29 Å². The molecular formula is C67H129NO10. The first-order chi connectivity index (χ1) is 38.2. The summed E-state index contributed by atoms with van der Waals surface area (Å²) in [4.78, 5) is 25.1. The Morgan fingerprint density at radius 1 is 0.462 bits per heavy atom. The fraction of sp³-hybridized carbons (Fsp3) is 0.940. The van der Waals surface area contributed by atoms with Crippen LogP contribution in [-0.2, 0) is 23.8 Å². The second-order valence-corrected chi connectivity index (χ2v) is 23.9. The molecule has 462 valence electrons. The molecule has 0 radical (unpaired) electrons. The fourth-order valence-electron chi connectivity index (χ4n) is 11.0. The number of allylic oxidation sites excluding steroid dienone is 1. The molecule has 0 bridgehead atoms. The summed E-state index contributed by atoms with van der Waals surface area (Å²) in [5.74, 6) is -0.170. The van der Waals surface area contributed by atoms with Crippen LogP contribution in [0.4, 0.5) is 0 Å². The van der Waals surface area contributed by atoms with Crippen molar-refractivity contribution in [2.24, 2.45) is 0 Å². The molecule has 1 aliphatic heterocycles. The predicted octanol–water partition coefficient (Wildman–Crippen LogP) is 16.7. The van der Waals surface area contributed by atoms with Crippen LogP contribution in [0.3, 0.4) is 0 Å². The number of nitrogens with one attached hydrogen (secondary N) is 1. The molecule has 78 heavy (non-hydrogen) atoms. The van der Waals surface area contributed by atoms with Gasteiger partial charge in [0.2, 0.25) is 5.91 Å². The van der Waals surface area contributed by atoms with Crippen LogP contribution >= 0.6 is 0 Å². The number of ether oxygens (including phenoxy) is 3. The summed E-state index contributed by atoms with van der Waals surface area (Å²) in [6.45, 7) is 4.35. The number of carbonyl (C=O) groups is 2. The highest BCUT2D eigenvalue weighted by Crippen LogP contribution is 2.23. The summed E-state index contributed by atoms with van der Waals surface area (Å²) in [6.07, 6.45) is 59.2. The van der Waals surface area contributed by atoms with Gasteiger partial charge in [-0.2, -0.15) is 0 Å². The van der Waals surface area contributed by atoms with Crippen LogP contribution in [0.5, 0.6) is 0 Å². The lowest BCUT2D eigenvalue weighted by Gasteiger charge is -2.40. The Morgan fingerprint density at radius 3 is 1.19 bits per heavy atom. The van der Waals surface area contributed by atoms with Gasteiger partial charge >= 0.3 is 5.97 Å². The first-order valence-electron chi connectivity index (χ1n) is 34.0. The van der Waals surface area contributed by atoms with E-state index < -0.39 is 49.5 Å². The second-order valence-electron chi connectivity index (χ2n) is 23.9. The maximum absolute atomic E-state index is 13.0. The van der Waals surface area contributed by atoms with E-state index >= 15 is 0 Å². The van der Waals surface area contributed by atoms with Gasteiger partial charge in [-0.3, -0.25) is 9.59 Å². The van der Waals surface area contributed by atoms with E-state index in [9.17, 15) is 35.1 Å². The van der Waals surface area contributed by atoms with Crippen LogP contribution in [0.25, 0.3) is 0 Å². The Morgan fingerprint density at radius 2 is 0.808 bits per heavy atom. The number of rotatable bonds is 60. The molecule has 11 nitrogen and oxygen atoms in total. The van der Waals surface area contributed by atoms with E-state index in [0.717, 1.165) is 51.4 Å². The monoisotopic (exact) mass is 1110 g/mol. The standard InChI is InChI=1S/C67H129NO10/c1-3-5-7-9-11-13-14-15-16-29-32-35-39-43-47-51-55-63(72)76-56-52-48-44-40-36-33-30-27-25-23-21-19-17-18-20-22-24-26-28-31-34-38-42-46-50-54-62(71)68-59(60(70)53-49-45-41-37-12-10-8-6-4-2)58-77-67-66(75)65(74)64(73)61(57-69)78-67/h49,53,59-61,64-67,69-70,73-75H,3-48,50-52,54-58H2,1-2H3,(H,68,71)/b53-49+. The van der Waals surface area contributed by atoms with Crippen molar-refractivity contribution in [3.05, 3.63) is 12.2 Å². The van der Waals surface area contributed by atoms with Gasteiger partial charge in [-0.15, -0.1) is 0 Å². The third-order valence-electron chi connectivity index (χ3n) is 16.4. The topological polar surface area (TPSA) is 175 Å². The predicted molar refractivity (Wildman–Crippen MR) is 325 cm³/mol. The van der Waals surface area contributed by atoms with Crippen LogP contribution in [0.15, 0.2) is 12.2 Å². The normalized spacial score (nSPS) is 18.5. The zero-order chi connectivity index (χ0) is 56.6.